The van der Waals surface area contributed by atoms with Crippen molar-refractivity contribution in [1.82, 2.24) is 9.71 Å². The minimum atomic E-state index is -4.41. The van der Waals surface area contributed by atoms with Gasteiger partial charge in [-0.3, -0.25) is 4.79 Å². The van der Waals surface area contributed by atoms with Crippen LogP contribution in [0.25, 0.3) is 0 Å². The highest BCUT2D eigenvalue weighted by Crippen LogP contribution is 2.38. The van der Waals surface area contributed by atoms with Gasteiger partial charge in [-0.1, -0.05) is 48.5 Å². The highest BCUT2D eigenvalue weighted by atomic mass is 32.2. The standard InChI is InChI=1S/C29H44FN3O5S2Si/c1-17(2)12-19-13-20(15-31)25(30)24(18(3)4)21(19)14-23(34)33-40(36,37)26-22(32-27(39-26)29(8,9)35)16-38-41(10,11)28(5,6)7/h13,17-18,35H,12,14,16H2,1-11H3,(H,33,34). The summed E-state index contributed by atoms with van der Waals surface area (Å²) >= 11 is 0.782. The van der Waals surface area contributed by atoms with Crippen LogP contribution < -0.4 is 4.72 Å². The van der Waals surface area contributed by atoms with Gasteiger partial charge in [0.1, 0.15) is 22.5 Å². The molecule has 1 aromatic carbocycles. The molecule has 2 aromatic rings. The molecular formula is C29H44FN3O5S2Si. The fourth-order valence-corrected chi connectivity index (χ4v) is 7.46. The van der Waals surface area contributed by atoms with E-state index in [4.69, 9.17) is 4.43 Å². The largest absolute Gasteiger partial charge is 0.411 e. The molecule has 0 fully saturated rings. The van der Waals surface area contributed by atoms with Gasteiger partial charge >= 0.3 is 0 Å². The van der Waals surface area contributed by atoms with E-state index in [1.54, 1.807) is 13.8 Å². The molecule has 0 aliphatic carbocycles. The fraction of sp³-hybridized carbons (Fsp3) is 0.621. The second-order valence-corrected chi connectivity index (χ2v) is 20.9. The van der Waals surface area contributed by atoms with Crippen molar-refractivity contribution in [3.05, 3.63) is 44.8 Å². The Balaban J connectivity index is 2.52. The van der Waals surface area contributed by atoms with Crippen LogP contribution in [0.15, 0.2) is 10.3 Å². The third kappa shape index (κ3) is 8.44. The molecule has 1 aromatic heterocycles. The van der Waals surface area contributed by atoms with Gasteiger partial charge in [0.25, 0.3) is 10.0 Å². The van der Waals surface area contributed by atoms with Gasteiger partial charge in [-0.25, -0.2) is 22.5 Å². The zero-order valence-electron chi connectivity index (χ0n) is 26.0. The van der Waals surface area contributed by atoms with Crippen LogP contribution in [0, 0.1) is 23.1 Å². The molecule has 0 radical (unpaired) electrons. The first kappa shape index (κ1) is 35.0. The Bertz CT molecular complexity index is 1430. The van der Waals surface area contributed by atoms with E-state index in [9.17, 15) is 23.6 Å². The van der Waals surface area contributed by atoms with E-state index in [2.05, 4.69) is 30.5 Å². The normalized spacial score (nSPS) is 13.1. The molecule has 0 saturated carbocycles. The number of hydrogen-bond donors (Lipinski definition) is 2. The molecule has 0 atom stereocenters. The lowest BCUT2D eigenvalue weighted by Crippen LogP contribution is -2.40. The molecule has 0 unspecified atom stereocenters. The van der Waals surface area contributed by atoms with Crippen LogP contribution in [0.5, 0.6) is 0 Å². The van der Waals surface area contributed by atoms with Gasteiger partial charge in [-0.2, -0.15) is 5.26 Å². The molecule has 2 N–H and O–H groups in total. The maximum Gasteiger partial charge on any atom is 0.275 e. The summed E-state index contributed by atoms with van der Waals surface area (Å²) in [5.41, 5.74) is -0.133. The zero-order valence-corrected chi connectivity index (χ0v) is 28.7. The molecule has 0 bridgehead atoms. The van der Waals surface area contributed by atoms with Gasteiger partial charge in [0.15, 0.2) is 12.5 Å². The van der Waals surface area contributed by atoms with Crippen molar-refractivity contribution in [2.24, 2.45) is 5.92 Å². The fourth-order valence-electron chi connectivity index (χ4n) is 4.05. The van der Waals surface area contributed by atoms with Crippen LogP contribution in [0.1, 0.15) is 101 Å². The number of rotatable bonds is 11. The Morgan fingerprint density at radius 2 is 1.80 bits per heavy atom. The minimum absolute atomic E-state index is 0.0929. The van der Waals surface area contributed by atoms with Crippen molar-refractivity contribution in [1.29, 1.82) is 5.26 Å². The Hall–Kier alpha value is -2.17. The first-order valence-electron chi connectivity index (χ1n) is 13.7. The second kappa shape index (κ2) is 12.6. The van der Waals surface area contributed by atoms with Gasteiger partial charge in [-0.05, 0) is 73.0 Å². The number of benzene rings is 1. The van der Waals surface area contributed by atoms with Gasteiger partial charge in [-0.15, -0.1) is 11.3 Å². The van der Waals surface area contributed by atoms with Gasteiger partial charge in [0.05, 0.1) is 24.3 Å². The third-order valence-electron chi connectivity index (χ3n) is 7.22. The smallest absolute Gasteiger partial charge is 0.275 e. The predicted molar refractivity (Wildman–Crippen MR) is 162 cm³/mol. The summed E-state index contributed by atoms with van der Waals surface area (Å²) in [5, 5.41) is 20.1. The van der Waals surface area contributed by atoms with Gasteiger partial charge < -0.3 is 9.53 Å². The summed E-state index contributed by atoms with van der Waals surface area (Å²) in [6.07, 6.45) is 0.104. The monoisotopic (exact) mass is 625 g/mol. The lowest BCUT2D eigenvalue weighted by Gasteiger charge is -2.36. The average molecular weight is 626 g/mol. The molecule has 8 nitrogen and oxygen atoms in total. The van der Waals surface area contributed by atoms with Crippen molar-refractivity contribution in [3.8, 4) is 6.07 Å². The molecule has 0 saturated heterocycles. The summed E-state index contributed by atoms with van der Waals surface area (Å²) in [4.78, 5) is 17.7. The Kier molecular flexibility index (Phi) is 10.8. The summed E-state index contributed by atoms with van der Waals surface area (Å²) in [6, 6.07) is 3.34. The number of aliphatic hydroxyl groups is 1. The lowest BCUT2D eigenvalue weighted by molar-refractivity contribution is -0.118. The van der Waals surface area contributed by atoms with Crippen molar-refractivity contribution in [2.75, 3.05) is 0 Å². The average Bonchev–Trinajstić information content (AvgIpc) is 3.24. The van der Waals surface area contributed by atoms with Crippen LogP contribution in [-0.2, 0) is 44.3 Å². The number of nitrogens with one attached hydrogen (secondary N) is 1. The van der Waals surface area contributed by atoms with Crippen molar-refractivity contribution >= 4 is 35.6 Å². The van der Waals surface area contributed by atoms with Crippen molar-refractivity contribution in [3.63, 3.8) is 0 Å². The number of halogens is 1. The first-order chi connectivity index (χ1) is 18.5. The van der Waals surface area contributed by atoms with E-state index in [-0.39, 0.29) is 55.9 Å². The molecule has 0 spiro atoms. The number of sulfonamides is 1. The van der Waals surface area contributed by atoms with E-state index in [0.29, 0.717) is 17.5 Å². The number of hydrogen-bond acceptors (Lipinski definition) is 8. The molecular weight excluding hydrogens is 582 g/mol. The lowest BCUT2D eigenvalue weighted by atomic mass is 9.85. The second-order valence-electron chi connectivity index (χ2n) is 13.2. The molecule has 0 aliphatic rings. The maximum absolute atomic E-state index is 15.3. The number of carbonyl (C=O) groups is 1. The summed E-state index contributed by atoms with van der Waals surface area (Å²) < 4.78 is 50.6. The Morgan fingerprint density at radius 1 is 1.22 bits per heavy atom. The van der Waals surface area contributed by atoms with E-state index in [0.717, 1.165) is 11.3 Å². The topological polar surface area (TPSA) is 129 Å². The quantitative estimate of drug-likeness (QED) is 0.282. The van der Waals surface area contributed by atoms with Crippen LogP contribution >= 0.6 is 11.3 Å². The molecule has 1 amide bonds. The number of nitrogens with zero attached hydrogens (tertiary/aromatic N) is 2. The van der Waals surface area contributed by atoms with Crippen LogP contribution in [0.2, 0.25) is 18.1 Å². The van der Waals surface area contributed by atoms with Crippen LogP contribution in [-0.4, -0.2) is 32.7 Å². The SMILES string of the molecule is CC(C)Cc1cc(C#N)c(F)c(C(C)C)c1CC(=O)NS(=O)(=O)c1sc(C(C)(C)O)nc1CO[Si](C)(C)C(C)(C)C. The van der Waals surface area contributed by atoms with Crippen LogP contribution in [0.4, 0.5) is 4.39 Å². The van der Waals surface area contributed by atoms with Gasteiger partial charge in [0.2, 0.25) is 5.91 Å². The third-order valence-corrected chi connectivity index (χ3v) is 15.0. The first-order valence-corrected chi connectivity index (χ1v) is 18.9. The summed E-state index contributed by atoms with van der Waals surface area (Å²) in [6.45, 7) is 20.6. The minimum Gasteiger partial charge on any atom is -0.411 e. The molecule has 228 valence electrons. The Labute approximate surface area is 249 Å². The number of amides is 1. The van der Waals surface area contributed by atoms with Crippen molar-refractivity contribution in [2.45, 2.75) is 116 Å². The molecule has 1 heterocycles. The highest BCUT2D eigenvalue weighted by Gasteiger charge is 2.39. The molecule has 41 heavy (non-hydrogen) atoms. The van der Waals surface area contributed by atoms with Gasteiger partial charge in [0, 0.05) is 0 Å². The van der Waals surface area contributed by atoms with E-state index in [1.165, 1.54) is 19.9 Å². The highest BCUT2D eigenvalue weighted by molar-refractivity contribution is 7.92. The summed E-state index contributed by atoms with van der Waals surface area (Å²) in [5.74, 6) is -1.72. The summed E-state index contributed by atoms with van der Waals surface area (Å²) in [7, 11) is -6.69. The Morgan fingerprint density at radius 3 is 2.27 bits per heavy atom. The number of aromatic nitrogens is 1. The van der Waals surface area contributed by atoms with E-state index >= 15 is 4.39 Å². The predicted octanol–water partition coefficient (Wildman–Crippen LogP) is 6.27. The zero-order chi connectivity index (χ0) is 31.7. The van der Waals surface area contributed by atoms with E-state index in [1.807, 2.05) is 33.0 Å². The maximum atomic E-state index is 15.3. The van der Waals surface area contributed by atoms with Crippen LogP contribution in [0.3, 0.4) is 0 Å². The number of nitriles is 1. The van der Waals surface area contributed by atoms with E-state index < -0.39 is 35.7 Å². The number of carbonyl (C=O) groups excluding carboxylic acids is 1. The van der Waals surface area contributed by atoms with Crippen molar-refractivity contribution < 1.29 is 27.1 Å². The molecule has 12 heteroatoms. The molecule has 2 rings (SSSR count). The number of thiazole rings is 1. The molecule has 0 aliphatic heterocycles.